The molecular formula is C12H19NO3. The van der Waals surface area contributed by atoms with Crippen molar-refractivity contribution in [2.75, 3.05) is 19.7 Å². The number of rotatable bonds is 3. The van der Waals surface area contributed by atoms with E-state index in [4.69, 9.17) is 14.3 Å². The van der Waals surface area contributed by atoms with Crippen molar-refractivity contribution in [2.45, 2.75) is 32.6 Å². The van der Waals surface area contributed by atoms with Crippen LogP contribution in [0, 0.1) is 0 Å². The Kier molecular flexibility index (Phi) is 3.33. The standard InChI is InChI=1S/C12H19NO3/c1-12(2)9-13(5-6-15-12)7-10-3-4-11(8-14)16-10/h3-4,14H,5-9H2,1-2H3. The molecule has 1 aromatic rings. The molecule has 1 N–H and O–H groups in total. The molecule has 1 fully saturated rings. The van der Waals surface area contributed by atoms with Crippen LogP contribution in [0.15, 0.2) is 16.5 Å². The Morgan fingerprint density at radius 3 is 2.75 bits per heavy atom. The molecule has 0 unspecified atom stereocenters. The number of ether oxygens (including phenoxy) is 1. The minimum atomic E-state index is -0.0787. The Balaban J connectivity index is 1.94. The summed E-state index contributed by atoms with van der Waals surface area (Å²) in [6.45, 7) is 7.55. The van der Waals surface area contributed by atoms with Gasteiger partial charge in [0, 0.05) is 13.1 Å². The highest BCUT2D eigenvalue weighted by Gasteiger charge is 2.27. The fourth-order valence-corrected chi connectivity index (χ4v) is 2.06. The molecule has 0 bridgehead atoms. The normalized spacial score (nSPS) is 21.2. The quantitative estimate of drug-likeness (QED) is 0.844. The number of hydrogen-bond donors (Lipinski definition) is 1. The van der Waals surface area contributed by atoms with E-state index in [0.717, 1.165) is 32.0 Å². The van der Waals surface area contributed by atoms with E-state index < -0.39 is 0 Å². The van der Waals surface area contributed by atoms with Crippen LogP contribution in [0.5, 0.6) is 0 Å². The zero-order valence-corrected chi connectivity index (χ0v) is 9.90. The van der Waals surface area contributed by atoms with Crippen LogP contribution in [0.4, 0.5) is 0 Å². The van der Waals surface area contributed by atoms with Crippen LogP contribution in [0.25, 0.3) is 0 Å². The predicted octanol–water partition coefficient (Wildman–Crippen LogP) is 1.38. The summed E-state index contributed by atoms with van der Waals surface area (Å²) >= 11 is 0. The monoisotopic (exact) mass is 225 g/mol. The molecule has 0 aromatic carbocycles. The van der Waals surface area contributed by atoms with Gasteiger partial charge in [-0.2, -0.15) is 0 Å². The van der Waals surface area contributed by atoms with Crippen LogP contribution < -0.4 is 0 Å². The van der Waals surface area contributed by atoms with Gasteiger partial charge in [0.2, 0.25) is 0 Å². The maximum atomic E-state index is 8.91. The summed E-state index contributed by atoms with van der Waals surface area (Å²) in [6, 6.07) is 3.74. The molecule has 1 saturated heterocycles. The average Bonchev–Trinajstić information content (AvgIpc) is 2.64. The maximum absolute atomic E-state index is 8.91. The summed E-state index contributed by atoms with van der Waals surface area (Å²) < 4.78 is 11.1. The molecule has 1 aliphatic heterocycles. The molecular weight excluding hydrogens is 206 g/mol. The van der Waals surface area contributed by atoms with E-state index in [1.165, 1.54) is 0 Å². The minimum Gasteiger partial charge on any atom is -0.462 e. The van der Waals surface area contributed by atoms with Crippen LogP contribution in [0.3, 0.4) is 0 Å². The van der Waals surface area contributed by atoms with Crippen molar-refractivity contribution >= 4 is 0 Å². The third-order valence-corrected chi connectivity index (χ3v) is 2.76. The van der Waals surface area contributed by atoms with Crippen molar-refractivity contribution in [1.29, 1.82) is 0 Å². The van der Waals surface area contributed by atoms with E-state index in [1.807, 2.05) is 12.1 Å². The zero-order valence-electron chi connectivity index (χ0n) is 9.90. The molecule has 2 rings (SSSR count). The van der Waals surface area contributed by atoms with Gasteiger partial charge in [0.25, 0.3) is 0 Å². The van der Waals surface area contributed by atoms with Gasteiger partial charge in [-0.15, -0.1) is 0 Å². The van der Waals surface area contributed by atoms with E-state index in [1.54, 1.807) is 0 Å². The second-order valence-corrected chi connectivity index (χ2v) is 4.84. The lowest BCUT2D eigenvalue weighted by atomic mass is 10.1. The largest absolute Gasteiger partial charge is 0.462 e. The summed E-state index contributed by atoms with van der Waals surface area (Å²) in [4.78, 5) is 2.31. The first-order valence-electron chi connectivity index (χ1n) is 5.64. The molecule has 2 heterocycles. The first kappa shape index (κ1) is 11.6. The lowest BCUT2D eigenvalue weighted by Crippen LogP contribution is -2.47. The minimum absolute atomic E-state index is 0.0331. The molecule has 16 heavy (non-hydrogen) atoms. The molecule has 0 spiro atoms. The molecule has 1 aromatic heterocycles. The molecule has 1 aliphatic rings. The maximum Gasteiger partial charge on any atom is 0.129 e. The van der Waals surface area contributed by atoms with Gasteiger partial charge in [0.05, 0.1) is 18.8 Å². The van der Waals surface area contributed by atoms with Crippen LogP contribution in [0.2, 0.25) is 0 Å². The van der Waals surface area contributed by atoms with Gasteiger partial charge in [0.1, 0.15) is 18.1 Å². The molecule has 4 nitrogen and oxygen atoms in total. The van der Waals surface area contributed by atoms with Crippen LogP contribution >= 0.6 is 0 Å². The molecule has 4 heteroatoms. The third kappa shape index (κ3) is 2.84. The average molecular weight is 225 g/mol. The Hall–Kier alpha value is -0.840. The van der Waals surface area contributed by atoms with Gasteiger partial charge in [0.15, 0.2) is 0 Å². The van der Waals surface area contributed by atoms with Crippen molar-refractivity contribution in [2.24, 2.45) is 0 Å². The van der Waals surface area contributed by atoms with Gasteiger partial charge in [-0.3, -0.25) is 4.90 Å². The number of aliphatic hydroxyl groups excluding tert-OH is 1. The van der Waals surface area contributed by atoms with Crippen LogP contribution in [-0.2, 0) is 17.9 Å². The van der Waals surface area contributed by atoms with Crippen LogP contribution in [-0.4, -0.2) is 35.3 Å². The first-order valence-corrected chi connectivity index (χ1v) is 5.64. The Bertz CT molecular complexity index is 346. The lowest BCUT2D eigenvalue weighted by molar-refractivity contribution is -0.0895. The molecule has 0 saturated carbocycles. The summed E-state index contributed by atoms with van der Waals surface area (Å²) in [5.74, 6) is 1.53. The fraction of sp³-hybridized carbons (Fsp3) is 0.667. The van der Waals surface area contributed by atoms with E-state index in [0.29, 0.717) is 5.76 Å². The first-order chi connectivity index (χ1) is 7.59. The van der Waals surface area contributed by atoms with E-state index >= 15 is 0 Å². The van der Waals surface area contributed by atoms with Gasteiger partial charge in [-0.1, -0.05) is 0 Å². The van der Waals surface area contributed by atoms with Crippen molar-refractivity contribution in [3.05, 3.63) is 23.7 Å². The third-order valence-electron chi connectivity index (χ3n) is 2.76. The van der Waals surface area contributed by atoms with Gasteiger partial charge >= 0.3 is 0 Å². The Morgan fingerprint density at radius 1 is 1.38 bits per heavy atom. The summed E-state index contributed by atoms with van der Waals surface area (Å²) in [7, 11) is 0. The molecule has 90 valence electrons. The van der Waals surface area contributed by atoms with Crippen LogP contribution in [0.1, 0.15) is 25.4 Å². The number of morpholine rings is 1. The zero-order chi connectivity index (χ0) is 11.6. The highest BCUT2D eigenvalue weighted by molar-refractivity contribution is 5.06. The smallest absolute Gasteiger partial charge is 0.129 e. The topological polar surface area (TPSA) is 45.8 Å². The summed E-state index contributed by atoms with van der Waals surface area (Å²) in [5, 5.41) is 8.91. The number of hydrogen-bond acceptors (Lipinski definition) is 4. The second kappa shape index (κ2) is 4.57. The number of aliphatic hydroxyl groups is 1. The van der Waals surface area contributed by atoms with E-state index in [9.17, 15) is 0 Å². The molecule has 0 atom stereocenters. The van der Waals surface area contributed by atoms with Crippen molar-refractivity contribution in [3.63, 3.8) is 0 Å². The molecule has 0 amide bonds. The lowest BCUT2D eigenvalue weighted by Gasteiger charge is -2.37. The Morgan fingerprint density at radius 2 is 2.12 bits per heavy atom. The fourth-order valence-electron chi connectivity index (χ4n) is 2.06. The van der Waals surface area contributed by atoms with Crippen molar-refractivity contribution in [3.8, 4) is 0 Å². The van der Waals surface area contributed by atoms with E-state index in [-0.39, 0.29) is 12.2 Å². The number of nitrogens with zero attached hydrogens (tertiary/aromatic N) is 1. The van der Waals surface area contributed by atoms with Crippen molar-refractivity contribution < 1.29 is 14.3 Å². The van der Waals surface area contributed by atoms with Gasteiger partial charge in [-0.05, 0) is 26.0 Å². The highest BCUT2D eigenvalue weighted by Crippen LogP contribution is 2.19. The highest BCUT2D eigenvalue weighted by atomic mass is 16.5. The SMILES string of the molecule is CC1(C)CN(Cc2ccc(CO)o2)CCO1. The van der Waals surface area contributed by atoms with Gasteiger partial charge in [-0.25, -0.2) is 0 Å². The van der Waals surface area contributed by atoms with E-state index in [2.05, 4.69) is 18.7 Å². The predicted molar refractivity (Wildman–Crippen MR) is 59.9 cm³/mol. The number of furan rings is 1. The summed E-state index contributed by atoms with van der Waals surface area (Å²) in [5.41, 5.74) is -0.0787. The second-order valence-electron chi connectivity index (χ2n) is 4.84. The summed E-state index contributed by atoms with van der Waals surface area (Å²) in [6.07, 6.45) is 0. The Labute approximate surface area is 95.8 Å². The molecule has 0 aliphatic carbocycles. The van der Waals surface area contributed by atoms with Gasteiger partial charge < -0.3 is 14.3 Å². The van der Waals surface area contributed by atoms with Crippen molar-refractivity contribution in [1.82, 2.24) is 4.90 Å². The molecule has 0 radical (unpaired) electrons.